The van der Waals surface area contributed by atoms with E-state index in [9.17, 15) is 18.0 Å². The highest BCUT2D eigenvalue weighted by Crippen LogP contribution is 2.18. The van der Waals surface area contributed by atoms with Crippen molar-refractivity contribution in [3.05, 3.63) is 22.4 Å². The summed E-state index contributed by atoms with van der Waals surface area (Å²) in [4.78, 5) is 17.5. The van der Waals surface area contributed by atoms with Crippen LogP contribution >= 0.6 is 11.3 Å². The van der Waals surface area contributed by atoms with E-state index < -0.39 is 18.6 Å². The first-order valence-corrected chi connectivity index (χ1v) is 8.00. The van der Waals surface area contributed by atoms with Gasteiger partial charge < -0.3 is 15.5 Å². The van der Waals surface area contributed by atoms with Gasteiger partial charge in [-0.25, -0.2) is 4.99 Å². The van der Waals surface area contributed by atoms with Crippen LogP contribution in [0, 0.1) is 0 Å². The second-order valence-electron chi connectivity index (χ2n) is 4.94. The molecule has 0 saturated heterocycles. The molecule has 0 bridgehead atoms. The SMILES string of the molecule is CCNC(=NCC(=O)N(C)CC(F)(F)F)NC(C)c1cccs1. The van der Waals surface area contributed by atoms with Gasteiger partial charge in [-0.15, -0.1) is 11.3 Å². The Hall–Kier alpha value is -1.77. The summed E-state index contributed by atoms with van der Waals surface area (Å²) in [5.74, 6) is -0.300. The van der Waals surface area contributed by atoms with Gasteiger partial charge in [-0.3, -0.25) is 4.79 Å². The third kappa shape index (κ3) is 7.36. The van der Waals surface area contributed by atoms with E-state index in [1.807, 2.05) is 31.4 Å². The van der Waals surface area contributed by atoms with Crippen LogP contribution in [0.25, 0.3) is 0 Å². The largest absolute Gasteiger partial charge is 0.406 e. The predicted octanol–water partition coefficient (Wildman–Crippen LogP) is 2.38. The first kappa shape index (κ1) is 19.3. The Morgan fingerprint density at radius 3 is 2.70 bits per heavy atom. The van der Waals surface area contributed by atoms with Crippen LogP contribution in [0.4, 0.5) is 13.2 Å². The second-order valence-corrected chi connectivity index (χ2v) is 5.92. The number of guanidine groups is 1. The van der Waals surface area contributed by atoms with Crippen molar-refractivity contribution in [1.29, 1.82) is 0 Å². The molecular formula is C14H21F3N4OS. The quantitative estimate of drug-likeness (QED) is 0.612. The first-order valence-electron chi connectivity index (χ1n) is 7.12. The fourth-order valence-electron chi connectivity index (χ4n) is 1.76. The molecule has 1 amide bonds. The maximum absolute atomic E-state index is 12.3. The summed E-state index contributed by atoms with van der Waals surface area (Å²) in [6.07, 6.45) is -4.41. The van der Waals surface area contributed by atoms with Crippen LogP contribution in [0.2, 0.25) is 0 Å². The zero-order valence-electron chi connectivity index (χ0n) is 13.3. The molecule has 1 rings (SSSR count). The fourth-order valence-corrected chi connectivity index (χ4v) is 2.49. The smallest absolute Gasteiger partial charge is 0.357 e. The van der Waals surface area contributed by atoms with Gasteiger partial charge in [-0.2, -0.15) is 13.2 Å². The highest BCUT2D eigenvalue weighted by molar-refractivity contribution is 7.10. The summed E-state index contributed by atoms with van der Waals surface area (Å²) in [6, 6.07) is 3.88. The number of likely N-dealkylation sites (N-methyl/N-ethyl adjacent to an activating group) is 1. The molecule has 1 unspecified atom stereocenters. The van der Waals surface area contributed by atoms with E-state index in [1.54, 1.807) is 11.3 Å². The summed E-state index contributed by atoms with van der Waals surface area (Å²) in [5.41, 5.74) is 0. The van der Waals surface area contributed by atoms with Crippen molar-refractivity contribution >= 4 is 23.2 Å². The summed E-state index contributed by atoms with van der Waals surface area (Å²) in [5, 5.41) is 8.04. The van der Waals surface area contributed by atoms with Crippen LogP contribution in [0.15, 0.2) is 22.5 Å². The Morgan fingerprint density at radius 2 is 2.17 bits per heavy atom. The van der Waals surface area contributed by atoms with E-state index in [2.05, 4.69) is 15.6 Å². The van der Waals surface area contributed by atoms with Crippen molar-refractivity contribution in [2.75, 3.05) is 26.7 Å². The molecule has 1 aromatic heterocycles. The number of carbonyl (C=O) groups excluding carboxylic acids is 1. The number of aliphatic imine (C=N–C) groups is 1. The fraction of sp³-hybridized carbons (Fsp3) is 0.571. The average Bonchev–Trinajstić information content (AvgIpc) is 2.96. The molecular weight excluding hydrogens is 329 g/mol. The standard InChI is InChI=1S/C14H21F3N4OS/c1-4-18-13(20-10(2)11-6-5-7-23-11)19-8-12(22)21(3)9-14(15,16)17/h5-7,10H,4,8-9H2,1-3H3,(H2,18,19,20). The lowest BCUT2D eigenvalue weighted by atomic mass is 10.3. The first-order chi connectivity index (χ1) is 10.7. The normalized spacial score (nSPS) is 13.6. The number of hydrogen-bond donors (Lipinski definition) is 2. The van der Waals surface area contributed by atoms with Crippen molar-refractivity contribution in [2.24, 2.45) is 4.99 Å². The molecule has 1 atom stereocenters. The lowest BCUT2D eigenvalue weighted by Crippen LogP contribution is -2.41. The molecule has 23 heavy (non-hydrogen) atoms. The predicted molar refractivity (Wildman–Crippen MR) is 85.5 cm³/mol. The van der Waals surface area contributed by atoms with Gasteiger partial charge in [0.25, 0.3) is 0 Å². The number of thiophene rings is 1. The number of hydrogen-bond acceptors (Lipinski definition) is 3. The van der Waals surface area contributed by atoms with Gasteiger partial charge in [0.2, 0.25) is 5.91 Å². The van der Waals surface area contributed by atoms with E-state index in [-0.39, 0.29) is 12.6 Å². The van der Waals surface area contributed by atoms with Crippen molar-refractivity contribution < 1.29 is 18.0 Å². The Balaban J connectivity index is 2.62. The average molecular weight is 350 g/mol. The van der Waals surface area contributed by atoms with Crippen LogP contribution in [-0.4, -0.2) is 49.6 Å². The second kappa shape index (κ2) is 8.76. The van der Waals surface area contributed by atoms with Gasteiger partial charge >= 0.3 is 6.18 Å². The number of carbonyl (C=O) groups is 1. The van der Waals surface area contributed by atoms with Crippen LogP contribution in [0.1, 0.15) is 24.8 Å². The molecule has 0 aromatic carbocycles. The van der Waals surface area contributed by atoms with Crippen LogP contribution in [0.5, 0.6) is 0 Å². The maximum atomic E-state index is 12.3. The Morgan fingerprint density at radius 1 is 1.48 bits per heavy atom. The molecule has 130 valence electrons. The summed E-state index contributed by atoms with van der Waals surface area (Å²) in [6.45, 7) is 2.76. The Labute approximate surface area is 137 Å². The maximum Gasteiger partial charge on any atom is 0.406 e. The van der Waals surface area contributed by atoms with Crippen molar-refractivity contribution in [3.8, 4) is 0 Å². The van der Waals surface area contributed by atoms with Gasteiger partial charge in [0, 0.05) is 18.5 Å². The van der Waals surface area contributed by atoms with E-state index in [0.717, 1.165) is 11.9 Å². The summed E-state index contributed by atoms with van der Waals surface area (Å²) >= 11 is 1.58. The minimum absolute atomic E-state index is 0.0178. The van der Waals surface area contributed by atoms with Crippen molar-refractivity contribution in [3.63, 3.8) is 0 Å². The van der Waals surface area contributed by atoms with Gasteiger partial charge in [-0.1, -0.05) is 6.07 Å². The molecule has 0 aliphatic rings. The highest BCUT2D eigenvalue weighted by atomic mass is 32.1. The number of halogens is 3. The number of nitrogens with one attached hydrogen (secondary N) is 2. The lowest BCUT2D eigenvalue weighted by molar-refractivity contribution is -0.157. The monoisotopic (exact) mass is 350 g/mol. The molecule has 0 radical (unpaired) electrons. The van der Waals surface area contributed by atoms with Crippen LogP contribution in [0.3, 0.4) is 0 Å². The molecule has 9 heteroatoms. The van der Waals surface area contributed by atoms with Gasteiger partial charge in [0.15, 0.2) is 5.96 Å². The van der Waals surface area contributed by atoms with Gasteiger partial charge in [0.05, 0.1) is 6.04 Å². The molecule has 0 aliphatic carbocycles. The van der Waals surface area contributed by atoms with E-state index >= 15 is 0 Å². The van der Waals surface area contributed by atoms with E-state index in [1.165, 1.54) is 0 Å². The minimum atomic E-state index is -4.41. The third-order valence-electron chi connectivity index (χ3n) is 2.88. The molecule has 0 spiro atoms. The number of rotatable bonds is 6. The summed E-state index contributed by atoms with van der Waals surface area (Å²) < 4.78 is 36.8. The molecule has 2 N–H and O–H groups in total. The minimum Gasteiger partial charge on any atom is -0.357 e. The Kier molecular flexibility index (Phi) is 7.34. The van der Waals surface area contributed by atoms with Gasteiger partial charge in [-0.05, 0) is 25.3 Å². The zero-order chi connectivity index (χ0) is 17.5. The van der Waals surface area contributed by atoms with Crippen LogP contribution < -0.4 is 10.6 Å². The Bertz CT molecular complexity index is 517. The van der Waals surface area contributed by atoms with Gasteiger partial charge in [0.1, 0.15) is 13.1 Å². The molecule has 1 aromatic rings. The molecule has 0 saturated carbocycles. The van der Waals surface area contributed by atoms with E-state index in [4.69, 9.17) is 0 Å². The lowest BCUT2D eigenvalue weighted by Gasteiger charge is -2.19. The topological polar surface area (TPSA) is 56.7 Å². The van der Waals surface area contributed by atoms with Crippen molar-refractivity contribution in [1.82, 2.24) is 15.5 Å². The molecule has 0 aliphatic heterocycles. The highest BCUT2D eigenvalue weighted by Gasteiger charge is 2.31. The molecule has 5 nitrogen and oxygen atoms in total. The number of alkyl halides is 3. The third-order valence-corrected chi connectivity index (χ3v) is 3.94. The van der Waals surface area contributed by atoms with Crippen molar-refractivity contribution in [2.45, 2.75) is 26.1 Å². The van der Waals surface area contributed by atoms with E-state index in [0.29, 0.717) is 17.4 Å². The zero-order valence-corrected chi connectivity index (χ0v) is 14.1. The molecule has 0 fully saturated rings. The van der Waals surface area contributed by atoms with Crippen LogP contribution in [-0.2, 0) is 4.79 Å². The number of amides is 1. The molecule has 1 heterocycles. The number of nitrogens with zero attached hydrogens (tertiary/aromatic N) is 2. The summed E-state index contributed by atoms with van der Waals surface area (Å²) in [7, 11) is 1.11.